The highest BCUT2D eigenvalue weighted by Crippen LogP contribution is 2.21. The minimum atomic E-state index is 0.161. The lowest BCUT2D eigenvalue weighted by atomic mass is 10.1. The van der Waals surface area contributed by atoms with Crippen LogP contribution in [0.15, 0.2) is 18.2 Å². The summed E-state index contributed by atoms with van der Waals surface area (Å²) in [5.74, 6) is 0.890. The van der Waals surface area contributed by atoms with Crippen LogP contribution in [-0.4, -0.2) is 23.6 Å². The summed E-state index contributed by atoms with van der Waals surface area (Å²) in [6.45, 7) is 6.41. The van der Waals surface area contributed by atoms with E-state index < -0.39 is 0 Å². The Morgan fingerprint density at radius 3 is 2.62 bits per heavy atom. The van der Waals surface area contributed by atoms with E-state index in [1.165, 1.54) is 6.42 Å². The molecule has 0 atom stereocenters. The number of rotatable bonds is 5. The van der Waals surface area contributed by atoms with Crippen molar-refractivity contribution in [1.82, 2.24) is 4.90 Å². The monoisotopic (exact) mass is 222 g/mol. The highest BCUT2D eigenvalue weighted by atomic mass is 16.3. The van der Waals surface area contributed by atoms with Crippen molar-refractivity contribution >= 4 is 5.69 Å². The molecule has 0 spiro atoms. The Morgan fingerprint density at radius 2 is 2.06 bits per heavy atom. The van der Waals surface area contributed by atoms with Gasteiger partial charge in [-0.2, -0.15) is 0 Å². The third-order valence-corrected chi connectivity index (χ3v) is 2.63. The van der Waals surface area contributed by atoms with E-state index in [0.29, 0.717) is 5.69 Å². The van der Waals surface area contributed by atoms with E-state index in [1.54, 1.807) is 6.07 Å². The van der Waals surface area contributed by atoms with Crippen LogP contribution in [0.1, 0.15) is 25.8 Å². The van der Waals surface area contributed by atoms with E-state index in [2.05, 4.69) is 25.8 Å². The van der Waals surface area contributed by atoms with E-state index in [1.807, 2.05) is 12.1 Å². The molecule has 0 aliphatic heterocycles. The zero-order valence-corrected chi connectivity index (χ0v) is 10.4. The van der Waals surface area contributed by atoms with Gasteiger partial charge in [-0.1, -0.05) is 19.9 Å². The number of nitrogen functional groups attached to an aromatic ring is 1. The van der Waals surface area contributed by atoms with Crippen molar-refractivity contribution in [2.45, 2.75) is 26.8 Å². The van der Waals surface area contributed by atoms with E-state index >= 15 is 0 Å². The van der Waals surface area contributed by atoms with Gasteiger partial charge in [0.25, 0.3) is 0 Å². The summed E-state index contributed by atoms with van der Waals surface area (Å²) in [5, 5.41) is 9.32. The van der Waals surface area contributed by atoms with Crippen molar-refractivity contribution in [1.29, 1.82) is 0 Å². The molecule has 0 amide bonds. The first-order chi connectivity index (χ1) is 7.49. The molecular formula is C13H22N2O. The van der Waals surface area contributed by atoms with Crippen molar-refractivity contribution in [3.8, 4) is 5.75 Å². The summed E-state index contributed by atoms with van der Waals surface area (Å²) >= 11 is 0. The second kappa shape index (κ2) is 5.75. The zero-order valence-electron chi connectivity index (χ0n) is 10.4. The number of phenolic OH excluding ortho intramolecular Hbond substituents is 1. The maximum absolute atomic E-state index is 9.32. The summed E-state index contributed by atoms with van der Waals surface area (Å²) in [6.07, 6.45) is 1.20. The number of benzene rings is 1. The first-order valence-electron chi connectivity index (χ1n) is 5.75. The van der Waals surface area contributed by atoms with Gasteiger partial charge in [-0.15, -0.1) is 0 Å². The maximum Gasteiger partial charge on any atom is 0.138 e. The molecular weight excluding hydrogens is 200 g/mol. The average molecular weight is 222 g/mol. The highest BCUT2D eigenvalue weighted by molar-refractivity contribution is 5.53. The molecule has 1 aromatic carbocycles. The van der Waals surface area contributed by atoms with Crippen LogP contribution in [0.4, 0.5) is 5.69 Å². The Labute approximate surface area is 97.9 Å². The molecule has 1 rings (SSSR count). The second-order valence-electron chi connectivity index (χ2n) is 4.81. The van der Waals surface area contributed by atoms with Gasteiger partial charge in [-0.05, 0) is 43.6 Å². The summed E-state index contributed by atoms with van der Waals surface area (Å²) < 4.78 is 0. The molecule has 0 unspecified atom stereocenters. The zero-order chi connectivity index (χ0) is 12.1. The molecule has 0 heterocycles. The van der Waals surface area contributed by atoms with Gasteiger partial charge >= 0.3 is 0 Å². The van der Waals surface area contributed by atoms with Gasteiger partial charge in [-0.3, -0.25) is 0 Å². The van der Waals surface area contributed by atoms with Gasteiger partial charge in [0.05, 0.1) is 5.69 Å². The van der Waals surface area contributed by atoms with Crippen LogP contribution >= 0.6 is 0 Å². The third-order valence-electron chi connectivity index (χ3n) is 2.63. The standard InChI is InChI=1S/C13H22N2O/c1-10(2)6-7-15(3)9-11-4-5-13(16)12(14)8-11/h4-5,8,10,16H,6-7,9,14H2,1-3H3. The topological polar surface area (TPSA) is 49.5 Å². The fourth-order valence-corrected chi connectivity index (χ4v) is 1.57. The number of nitrogens with two attached hydrogens (primary N) is 1. The molecule has 90 valence electrons. The molecule has 0 radical (unpaired) electrons. The van der Waals surface area contributed by atoms with Gasteiger partial charge in [0.1, 0.15) is 5.75 Å². The summed E-state index contributed by atoms with van der Waals surface area (Å²) in [6, 6.07) is 5.40. The Balaban J connectivity index is 2.49. The lowest BCUT2D eigenvalue weighted by Crippen LogP contribution is -2.20. The van der Waals surface area contributed by atoms with Crippen LogP contribution in [0.2, 0.25) is 0 Å². The minimum Gasteiger partial charge on any atom is -0.506 e. The number of nitrogens with zero attached hydrogens (tertiary/aromatic N) is 1. The van der Waals surface area contributed by atoms with Gasteiger partial charge < -0.3 is 15.7 Å². The molecule has 1 aromatic rings. The Bertz CT molecular complexity index is 337. The molecule has 0 fully saturated rings. The third kappa shape index (κ3) is 4.11. The Hall–Kier alpha value is -1.22. The average Bonchev–Trinajstić information content (AvgIpc) is 2.21. The maximum atomic E-state index is 9.32. The second-order valence-corrected chi connectivity index (χ2v) is 4.81. The van der Waals surface area contributed by atoms with E-state index in [9.17, 15) is 5.11 Å². The minimum absolute atomic E-state index is 0.161. The van der Waals surface area contributed by atoms with Crippen LogP contribution < -0.4 is 5.73 Å². The van der Waals surface area contributed by atoms with Crippen molar-refractivity contribution in [2.24, 2.45) is 5.92 Å². The van der Waals surface area contributed by atoms with Crippen molar-refractivity contribution < 1.29 is 5.11 Å². The van der Waals surface area contributed by atoms with Crippen LogP contribution in [0, 0.1) is 5.92 Å². The first-order valence-corrected chi connectivity index (χ1v) is 5.75. The normalized spacial score (nSPS) is 11.3. The van der Waals surface area contributed by atoms with E-state index in [-0.39, 0.29) is 5.75 Å². The Morgan fingerprint density at radius 1 is 1.38 bits per heavy atom. The van der Waals surface area contributed by atoms with Gasteiger partial charge in [0, 0.05) is 6.54 Å². The molecule has 0 aliphatic carbocycles. The quantitative estimate of drug-likeness (QED) is 0.594. The molecule has 0 bridgehead atoms. The number of aromatic hydroxyl groups is 1. The van der Waals surface area contributed by atoms with Crippen molar-refractivity contribution in [3.63, 3.8) is 0 Å². The fourth-order valence-electron chi connectivity index (χ4n) is 1.57. The Kier molecular flexibility index (Phi) is 4.62. The van der Waals surface area contributed by atoms with Crippen LogP contribution in [0.25, 0.3) is 0 Å². The fraction of sp³-hybridized carbons (Fsp3) is 0.538. The predicted octanol–water partition coefficient (Wildman–Crippen LogP) is 2.45. The van der Waals surface area contributed by atoms with Crippen LogP contribution in [0.5, 0.6) is 5.75 Å². The number of phenols is 1. The smallest absolute Gasteiger partial charge is 0.138 e. The molecule has 0 aromatic heterocycles. The molecule has 0 saturated carbocycles. The number of anilines is 1. The summed E-state index contributed by atoms with van der Waals surface area (Å²) in [4.78, 5) is 2.27. The molecule has 0 saturated heterocycles. The summed E-state index contributed by atoms with van der Waals surface area (Å²) in [7, 11) is 2.10. The number of hydrogen-bond donors (Lipinski definition) is 2. The lowest BCUT2D eigenvalue weighted by Gasteiger charge is -2.18. The summed E-state index contributed by atoms with van der Waals surface area (Å²) in [5.41, 5.74) is 7.24. The van der Waals surface area contributed by atoms with Gasteiger partial charge in [-0.25, -0.2) is 0 Å². The molecule has 16 heavy (non-hydrogen) atoms. The predicted molar refractivity (Wildman–Crippen MR) is 68.3 cm³/mol. The molecule has 3 N–H and O–H groups in total. The highest BCUT2D eigenvalue weighted by Gasteiger charge is 2.04. The largest absolute Gasteiger partial charge is 0.506 e. The number of hydrogen-bond acceptors (Lipinski definition) is 3. The van der Waals surface area contributed by atoms with Gasteiger partial charge in [0.2, 0.25) is 0 Å². The SMILES string of the molecule is CC(C)CCN(C)Cc1ccc(O)c(N)c1. The van der Waals surface area contributed by atoms with Crippen LogP contribution in [0.3, 0.4) is 0 Å². The lowest BCUT2D eigenvalue weighted by molar-refractivity contribution is 0.303. The molecule has 0 aliphatic rings. The van der Waals surface area contributed by atoms with E-state index in [4.69, 9.17) is 5.73 Å². The van der Waals surface area contributed by atoms with Crippen LogP contribution in [-0.2, 0) is 6.54 Å². The van der Waals surface area contributed by atoms with E-state index in [0.717, 1.165) is 24.6 Å². The van der Waals surface area contributed by atoms with Crippen molar-refractivity contribution in [2.75, 3.05) is 19.3 Å². The first kappa shape index (κ1) is 12.8. The molecule has 3 nitrogen and oxygen atoms in total. The van der Waals surface area contributed by atoms with Gasteiger partial charge in [0.15, 0.2) is 0 Å². The van der Waals surface area contributed by atoms with Crippen molar-refractivity contribution in [3.05, 3.63) is 23.8 Å². The molecule has 3 heteroatoms.